The van der Waals surface area contributed by atoms with E-state index >= 15 is 0 Å². The van der Waals surface area contributed by atoms with E-state index in [0.717, 1.165) is 0 Å². The van der Waals surface area contributed by atoms with Crippen molar-refractivity contribution in [3.8, 4) is 0 Å². The number of hydrogen-bond acceptors (Lipinski definition) is 4. The van der Waals surface area contributed by atoms with Crippen molar-refractivity contribution in [1.29, 1.82) is 0 Å². The van der Waals surface area contributed by atoms with Crippen molar-refractivity contribution in [2.75, 3.05) is 0 Å². The Morgan fingerprint density at radius 1 is 1.42 bits per heavy atom. The molecule has 7 heteroatoms. The summed E-state index contributed by atoms with van der Waals surface area (Å²) < 4.78 is 0.513. The molecular weight excluding hydrogens is 332 g/mol. The lowest BCUT2D eigenvalue weighted by molar-refractivity contribution is 0.0695. The maximum Gasteiger partial charge on any atom is 0.336 e. The minimum absolute atomic E-state index is 0.173. The molecule has 0 aliphatic heterocycles. The second-order valence-electron chi connectivity index (χ2n) is 3.72. The first-order valence-corrected chi connectivity index (χ1v) is 6.85. The van der Waals surface area contributed by atoms with Gasteiger partial charge in [-0.2, -0.15) is 0 Å². The number of H-pyrrole nitrogens is 1. The zero-order valence-corrected chi connectivity index (χ0v) is 12.2. The van der Waals surface area contributed by atoms with Crippen molar-refractivity contribution in [2.45, 2.75) is 16.8 Å². The Kier molecular flexibility index (Phi) is 4.06. The Hall–Kier alpha value is -1.60. The minimum Gasteiger partial charge on any atom is -0.478 e. The van der Waals surface area contributed by atoms with Crippen LogP contribution in [0.5, 0.6) is 0 Å². The number of aromatic carboxylic acids is 1. The zero-order chi connectivity index (χ0) is 14.0. The monoisotopic (exact) mass is 340 g/mol. The number of halogens is 1. The summed E-state index contributed by atoms with van der Waals surface area (Å²) in [7, 11) is 0. The Morgan fingerprint density at radius 3 is 2.79 bits per heavy atom. The molecule has 0 saturated carbocycles. The Bertz CT molecular complexity index is 700. The molecule has 2 aromatic rings. The number of aryl methyl sites for hydroxylation is 1. The summed E-state index contributed by atoms with van der Waals surface area (Å²) in [6.45, 7) is 1.69. The lowest BCUT2D eigenvalue weighted by atomic mass is 10.2. The van der Waals surface area contributed by atoms with Crippen molar-refractivity contribution in [3.63, 3.8) is 0 Å². The fourth-order valence-corrected chi connectivity index (χ4v) is 2.78. The fraction of sp³-hybridized carbons (Fsp3) is 0.0833. The Morgan fingerprint density at radius 2 is 2.16 bits per heavy atom. The third-order valence-electron chi connectivity index (χ3n) is 2.23. The van der Waals surface area contributed by atoms with Crippen LogP contribution in [-0.4, -0.2) is 21.0 Å². The molecule has 0 amide bonds. The second kappa shape index (κ2) is 5.58. The smallest absolute Gasteiger partial charge is 0.336 e. The average molecular weight is 341 g/mol. The number of hydrogen-bond donors (Lipinski definition) is 2. The van der Waals surface area contributed by atoms with E-state index in [0.29, 0.717) is 20.2 Å². The van der Waals surface area contributed by atoms with E-state index in [2.05, 4.69) is 25.9 Å². The van der Waals surface area contributed by atoms with Gasteiger partial charge in [-0.25, -0.2) is 9.78 Å². The highest BCUT2D eigenvalue weighted by Crippen LogP contribution is 2.29. The molecule has 0 unspecified atom stereocenters. The van der Waals surface area contributed by atoms with Gasteiger partial charge in [-0.3, -0.25) is 4.79 Å². The average Bonchev–Trinajstić information content (AvgIpc) is 2.30. The maximum atomic E-state index is 11.3. The van der Waals surface area contributed by atoms with Gasteiger partial charge in [0.25, 0.3) is 5.56 Å². The van der Waals surface area contributed by atoms with E-state index in [-0.39, 0.29) is 11.1 Å². The lowest BCUT2D eigenvalue weighted by Gasteiger charge is -2.04. The number of rotatable bonds is 3. The van der Waals surface area contributed by atoms with Crippen LogP contribution in [0, 0.1) is 6.92 Å². The second-order valence-corrected chi connectivity index (χ2v) is 5.67. The molecule has 0 radical (unpaired) electrons. The van der Waals surface area contributed by atoms with E-state index in [9.17, 15) is 9.59 Å². The predicted molar refractivity (Wildman–Crippen MR) is 74.8 cm³/mol. The molecule has 0 atom stereocenters. The van der Waals surface area contributed by atoms with Crippen LogP contribution in [0.3, 0.4) is 0 Å². The molecule has 0 bridgehead atoms. The van der Waals surface area contributed by atoms with E-state index in [1.165, 1.54) is 23.9 Å². The number of aromatic amines is 1. The largest absolute Gasteiger partial charge is 0.478 e. The predicted octanol–water partition coefficient (Wildman–Crippen LogP) is 2.69. The topological polar surface area (TPSA) is 83.0 Å². The normalized spacial score (nSPS) is 10.4. The van der Waals surface area contributed by atoms with Crippen LogP contribution in [0.4, 0.5) is 0 Å². The van der Waals surface area contributed by atoms with Crippen LogP contribution in [0.25, 0.3) is 0 Å². The highest BCUT2D eigenvalue weighted by Gasteiger charge is 2.10. The quantitative estimate of drug-likeness (QED) is 0.839. The molecule has 1 aromatic carbocycles. The molecule has 2 rings (SSSR count). The molecule has 5 nitrogen and oxygen atoms in total. The summed E-state index contributed by atoms with van der Waals surface area (Å²) >= 11 is 4.42. The van der Waals surface area contributed by atoms with Crippen molar-refractivity contribution in [3.05, 3.63) is 50.5 Å². The number of carboxylic acids is 1. The van der Waals surface area contributed by atoms with E-state index in [1.54, 1.807) is 19.1 Å². The van der Waals surface area contributed by atoms with Crippen LogP contribution >= 0.6 is 27.7 Å². The number of nitrogens with zero attached hydrogens (tertiary/aromatic N) is 1. The van der Waals surface area contributed by atoms with Crippen molar-refractivity contribution < 1.29 is 9.90 Å². The van der Waals surface area contributed by atoms with Crippen LogP contribution < -0.4 is 5.56 Å². The van der Waals surface area contributed by atoms with Gasteiger partial charge in [-0.1, -0.05) is 11.8 Å². The molecule has 0 spiro atoms. The number of carbonyl (C=O) groups is 1. The molecule has 1 heterocycles. The number of carboxylic acid groups (broad SMARTS) is 1. The van der Waals surface area contributed by atoms with Gasteiger partial charge in [-0.15, -0.1) is 0 Å². The first-order valence-electron chi connectivity index (χ1n) is 5.24. The van der Waals surface area contributed by atoms with E-state index in [1.807, 2.05) is 0 Å². The fourth-order valence-electron chi connectivity index (χ4n) is 1.46. The van der Waals surface area contributed by atoms with Crippen LogP contribution in [0.15, 0.2) is 43.5 Å². The van der Waals surface area contributed by atoms with Crippen LogP contribution in [0.1, 0.15) is 16.2 Å². The van der Waals surface area contributed by atoms with Gasteiger partial charge < -0.3 is 10.1 Å². The molecule has 1 aromatic heterocycles. The minimum atomic E-state index is -1.01. The Balaban J connectivity index is 2.36. The third kappa shape index (κ3) is 3.45. The summed E-state index contributed by atoms with van der Waals surface area (Å²) in [5, 5.41) is 9.56. The summed E-state index contributed by atoms with van der Waals surface area (Å²) in [4.78, 5) is 29.8. The SMILES string of the molecule is Cc1nc(Sc2ccc(Br)c(C(=O)O)c2)cc(=O)[nH]1. The Labute approximate surface area is 121 Å². The molecule has 0 saturated heterocycles. The first kappa shape index (κ1) is 13.8. The number of nitrogens with one attached hydrogen (secondary N) is 1. The summed E-state index contributed by atoms with van der Waals surface area (Å²) in [6.07, 6.45) is 0. The first-order chi connectivity index (χ1) is 8.95. The summed E-state index contributed by atoms with van der Waals surface area (Å²) in [6, 6.07) is 6.33. The molecule has 19 heavy (non-hydrogen) atoms. The molecule has 0 aliphatic carbocycles. The van der Waals surface area contributed by atoms with E-state index < -0.39 is 5.97 Å². The third-order valence-corrected chi connectivity index (χ3v) is 3.83. The highest BCUT2D eigenvalue weighted by molar-refractivity contribution is 9.10. The summed E-state index contributed by atoms with van der Waals surface area (Å²) in [5.74, 6) is -0.491. The van der Waals surface area contributed by atoms with Gasteiger partial charge in [0.1, 0.15) is 10.9 Å². The summed E-state index contributed by atoms with van der Waals surface area (Å²) in [5.41, 5.74) is -0.0582. The maximum absolute atomic E-state index is 11.3. The van der Waals surface area contributed by atoms with Gasteiger partial charge >= 0.3 is 5.97 Å². The van der Waals surface area contributed by atoms with Crippen LogP contribution in [0.2, 0.25) is 0 Å². The van der Waals surface area contributed by atoms with Crippen LogP contribution in [-0.2, 0) is 0 Å². The number of aromatic nitrogens is 2. The molecule has 0 fully saturated rings. The van der Waals surface area contributed by atoms with E-state index in [4.69, 9.17) is 5.11 Å². The zero-order valence-electron chi connectivity index (χ0n) is 9.81. The van der Waals surface area contributed by atoms with Gasteiger partial charge in [-0.05, 0) is 41.1 Å². The molecule has 0 aliphatic rings. The number of benzene rings is 1. The molecular formula is C12H9BrN2O3S. The molecule has 98 valence electrons. The van der Waals surface area contributed by atoms with Gasteiger partial charge in [0.2, 0.25) is 0 Å². The van der Waals surface area contributed by atoms with Gasteiger partial charge in [0.05, 0.1) is 5.56 Å². The van der Waals surface area contributed by atoms with Gasteiger partial charge in [0, 0.05) is 15.4 Å². The van der Waals surface area contributed by atoms with Crippen molar-refractivity contribution >= 4 is 33.7 Å². The van der Waals surface area contributed by atoms with Crippen molar-refractivity contribution in [2.24, 2.45) is 0 Å². The van der Waals surface area contributed by atoms with Crippen molar-refractivity contribution in [1.82, 2.24) is 9.97 Å². The molecule has 2 N–H and O–H groups in total. The standard InChI is InChI=1S/C12H9BrN2O3S/c1-6-14-10(16)5-11(15-6)19-7-2-3-9(13)8(4-7)12(17)18/h2-5H,1H3,(H,17,18)(H,14,15,16). The highest BCUT2D eigenvalue weighted by atomic mass is 79.9. The lowest BCUT2D eigenvalue weighted by Crippen LogP contribution is -2.08. The van der Waals surface area contributed by atoms with Gasteiger partial charge in [0.15, 0.2) is 0 Å².